The molecule has 7 rings (SSSR count). The van der Waals surface area contributed by atoms with E-state index in [4.69, 9.17) is 10.7 Å². The zero-order valence-corrected chi connectivity index (χ0v) is 23.7. The van der Waals surface area contributed by atoms with Gasteiger partial charge in [-0.1, -0.05) is 48.5 Å². The number of nitrogens with two attached hydrogens (primary N) is 1. The van der Waals surface area contributed by atoms with E-state index in [0.717, 1.165) is 53.9 Å². The zero-order valence-electron chi connectivity index (χ0n) is 23.7. The molecule has 0 radical (unpaired) electrons. The summed E-state index contributed by atoms with van der Waals surface area (Å²) in [6.07, 6.45) is 1.59. The van der Waals surface area contributed by atoms with Gasteiger partial charge in [-0.2, -0.15) is 0 Å². The molecule has 8 heteroatoms. The molecule has 6 aromatic rings. The van der Waals surface area contributed by atoms with Crippen molar-refractivity contribution in [1.82, 2.24) is 19.9 Å². The molecule has 4 heterocycles. The van der Waals surface area contributed by atoms with E-state index in [1.807, 2.05) is 24.3 Å². The summed E-state index contributed by atoms with van der Waals surface area (Å²) in [5, 5.41) is 1.68. The summed E-state index contributed by atoms with van der Waals surface area (Å²) < 4.78 is 26.4. The van der Waals surface area contributed by atoms with Gasteiger partial charge in [0.1, 0.15) is 18.3 Å². The predicted octanol–water partition coefficient (Wildman–Crippen LogP) is 7.01. The fourth-order valence-corrected chi connectivity index (χ4v) is 5.26. The van der Waals surface area contributed by atoms with Gasteiger partial charge < -0.3 is 10.6 Å². The second kappa shape index (κ2) is 12.9. The van der Waals surface area contributed by atoms with Gasteiger partial charge in [0.25, 0.3) is 0 Å². The van der Waals surface area contributed by atoms with E-state index in [9.17, 15) is 8.78 Å². The molecule has 6 nitrogen and oxygen atoms in total. The van der Waals surface area contributed by atoms with Crippen molar-refractivity contribution in [2.24, 2.45) is 0 Å². The van der Waals surface area contributed by atoms with Crippen LogP contribution < -0.4 is 10.6 Å². The smallest absolute Gasteiger partial charge is 0.134 e. The van der Waals surface area contributed by atoms with Gasteiger partial charge in [0.05, 0.1) is 22.4 Å². The molecule has 216 valence electrons. The number of nitrogens with zero attached hydrogens (tertiary/aromatic N) is 5. The van der Waals surface area contributed by atoms with Gasteiger partial charge in [-0.25, -0.2) is 23.7 Å². The molecule has 1 aliphatic rings. The van der Waals surface area contributed by atoms with Crippen molar-refractivity contribution >= 4 is 33.3 Å². The van der Waals surface area contributed by atoms with Crippen LogP contribution in [0.5, 0.6) is 0 Å². The van der Waals surface area contributed by atoms with E-state index >= 15 is 0 Å². The Balaban J connectivity index is 0.000000162. The van der Waals surface area contributed by atoms with Gasteiger partial charge in [0.15, 0.2) is 0 Å². The zero-order chi connectivity index (χ0) is 29.6. The summed E-state index contributed by atoms with van der Waals surface area (Å²) in [6.45, 7) is 4.06. The molecule has 0 bridgehead atoms. The van der Waals surface area contributed by atoms with Crippen LogP contribution in [-0.2, 0) is 0 Å². The number of fused-ring (bicyclic) bond motifs is 2. The van der Waals surface area contributed by atoms with Crippen LogP contribution in [0.2, 0.25) is 0 Å². The normalized spacial score (nSPS) is 13.6. The number of anilines is 2. The van der Waals surface area contributed by atoms with Crippen molar-refractivity contribution in [2.45, 2.75) is 0 Å². The monoisotopic (exact) mass is 574 g/mol. The fraction of sp³-hybridized carbons (Fsp3) is 0.171. The highest BCUT2D eigenvalue weighted by molar-refractivity contribution is 5.83. The number of para-hydroxylation sites is 2. The lowest BCUT2D eigenvalue weighted by atomic mass is 10.1. The Morgan fingerprint density at radius 1 is 0.698 bits per heavy atom. The van der Waals surface area contributed by atoms with Crippen LogP contribution in [0, 0.1) is 5.82 Å². The maximum Gasteiger partial charge on any atom is 0.134 e. The third-order valence-corrected chi connectivity index (χ3v) is 7.65. The quantitative estimate of drug-likeness (QED) is 0.239. The number of hydrogen-bond donors (Lipinski definition) is 1. The van der Waals surface area contributed by atoms with Crippen LogP contribution in [0.1, 0.15) is 0 Å². The third-order valence-electron chi connectivity index (χ3n) is 7.65. The molecule has 3 aromatic carbocycles. The number of nitrogen functional groups attached to an aromatic ring is 1. The number of rotatable bonds is 5. The molecular formula is C35H32F2N6. The van der Waals surface area contributed by atoms with Crippen molar-refractivity contribution in [3.05, 3.63) is 115 Å². The Labute approximate surface area is 249 Å². The minimum absolute atomic E-state index is 0.256. The summed E-state index contributed by atoms with van der Waals surface area (Å²) >= 11 is 0. The molecule has 0 atom stereocenters. The van der Waals surface area contributed by atoms with Crippen molar-refractivity contribution in [3.8, 4) is 22.5 Å². The molecule has 0 saturated carbocycles. The van der Waals surface area contributed by atoms with Gasteiger partial charge in [-0.05, 0) is 48.5 Å². The van der Waals surface area contributed by atoms with Gasteiger partial charge in [-0.3, -0.25) is 4.90 Å². The first-order chi connectivity index (χ1) is 21.1. The number of aromatic nitrogens is 3. The minimum atomic E-state index is -0.285. The number of piperazine rings is 1. The van der Waals surface area contributed by atoms with Crippen molar-refractivity contribution in [3.63, 3.8) is 0 Å². The number of halogens is 2. The predicted molar refractivity (Wildman–Crippen MR) is 171 cm³/mol. The summed E-state index contributed by atoms with van der Waals surface area (Å²) in [4.78, 5) is 17.7. The van der Waals surface area contributed by atoms with E-state index in [2.05, 4.69) is 62.2 Å². The summed E-state index contributed by atoms with van der Waals surface area (Å²) in [6, 6.07) is 33.0. The Bertz CT molecular complexity index is 1820. The van der Waals surface area contributed by atoms with E-state index in [1.165, 1.54) is 11.8 Å². The maximum atomic E-state index is 13.9. The minimum Gasteiger partial charge on any atom is -0.384 e. The standard InChI is InChI=1S/C21H22FN3.C14H10FN3/c22-11-12-24-13-15-25(16-14-24)19-8-5-18(6-9-19)21-10-7-17-3-1-2-4-20(17)23-21;15-11-7-13(9-5-6-14(16)17-8-9)18-12-4-2-1-3-10(11)12/h1-10H,11-16H2;1-8H,(H2,16,17). The van der Waals surface area contributed by atoms with Gasteiger partial charge >= 0.3 is 0 Å². The molecule has 1 aliphatic heterocycles. The number of hydrogen-bond acceptors (Lipinski definition) is 6. The van der Waals surface area contributed by atoms with Crippen LogP contribution >= 0.6 is 0 Å². The third kappa shape index (κ3) is 6.60. The van der Waals surface area contributed by atoms with Crippen molar-refractivity contribution in [2.75, 3.05) is 50.0 Å². The van der Waals surface area contributed by atoms with Crippen LogP contribution in [0.25, 0.3) is 44.3 Å². The molecule has 1 saturated heterocycles. The first kappa shape index (κ1) is 28.2. The Kier molecular flexibility index (Phi) is 8.47. The maximum absolute atomic E-state index is 13.9. The molecule has 43 heavy (non-hydrogen) atoms. The van der Waals surface area contributed by atoms with Crippen molar-refractivity contribution in [1.29, 1.82) is 0 Å². The summed E-state index contributed by atoms with van der Waals surface area (Å²) in [5.74, 6) is 0.146. The average Bonchev–Trinajstić information content (AvgIpc) is 3.06. The van der Waals surface area contributed by atoms with E-state index in [-0.39, 0.29) is 12.5 Å². The van der Waals surface area contributed by atoms with E-state index in [1.54, 1.807) is 36.5 Å². The highest BCUT2D eigenvalue weighted by atomic mass is 19.1. The largest absolute Gasteiger partial charge is 0.384 e. The Hall–Kier alpha value is -4.95. The SMILES string of the molecule is FCCN1CCN(c2ccc(-c3ccc4ccccc4n3)cc2)CC1.Nc1ccc(-c2cc(F)c3ccccc3n2)cn1. The molecule has 1 fully saturated rings. The van der Waals surface area contributed by atoms with E-state index < -0.39 is 0 Å². The molecule has 0 spiro atoms. The molecule has 2 N–H and O–H groups in total. The topological polar surface area (TPSA) is 71.2 Å². The van der Waals surface area contributed by atoms with Gasteiger partial charge in [0.2, 0.25) is 0 Å². The lowest BCUT2D eigenvalue weighted by Gasteiger charge is -2.35. The average molecular weight is 575 g/mol. The lowest BCUT2D eigenvalue weighted by molar-refractivity contribution is 0.235. The number of pyridine rings is 3. The second-order valence-corrected chi connectivity index (χ2v) is 10.4. The fourth-order valence-electron chi connectivity index (χ4n) is 5.26. The molecule has 0 unspecified atom stereocenters. The lowest BCUT2D eigenvalue weighted by Crippen LogP contribution is -2.47. The van der Waals surface area contributed by atoms with Gasteiger partial charge in [0, 0.05) is 72.6 Å². The molecule has 0 aliphatic carbocycles. The summed E-state index contributed by atoms with van der Waals surface area (Å²) in [7, 11) is 0. The molecule has 0 amide bonds. The summed E-state index contributed by atoms with van der Waals surface area (Å²) in [5.41, 5.74) is 11.8. The number of alkyl halides is 1. The first-order valence-corrected chi connectivity index (χ1v) is 14.3. The first-order valence-electron chi connectivity index (χ1n) is 14.3. The highest BCUT2D eigenvalue weighted by Gasteiger charge is 2.17. The Morgan fingerprint density at radius 2 is 1.40 bits per heavy atom. The molecular weight excluding hydrogens is 542 g/mol. The van der Waals surface area contributed by atoms with Crippen LogP contribution in [0.15, 0.2) is 109 Å². The van der Waals surface area contributed by atoms with Crippen LogP contribution in [-0.4, -0.2) is 59.3 Å². The van der Waals surface area contributed by atoms with E-state index in [0.29, 0.717) is 29.0 Å². The van der Waals surface area contributed by atoms with Crippen molar-refractivity contribution < 1.29 is 8.78 Å². The second-order valence-electron chi connectivity index (χ2n) is 10.4. The number of benzene rings is 3. The molecule has 3 aromatic heterocycles. The van der Waals surface area contributed by atoms with Gasteiger partial charge in [-0.15, -0.1) is 0 Å². The van der Waals surface area contributed by atoms with Crippen LogP contribution in [0.3, 0.4) is 0 Å². The van der Waals surface area contributed by atoms with Crippen LogP contribution in [0.4, 0.5) is 20.3 Å². The Morgan fingerprint density at radius 3 is 2.14 bits per heavy atom. The highest BCUT2D eigenvalue weighted by Crippen LogP contribution is 2.25.